The van der Waals surface area contributed by atoms with Crippen LogP contribution in [0.3, 0.4) is 0 Å². The molecule has 1 fully saturated rings. The molecule has 0 radical (unpaired) electrons. The Balaban J connectivity index is 1.96. The van der Waals surface area contributed by atoms with E-state index in [4.69, 9.17) is 9.47 Å². The summed E-state index contributed by atoms with van der Waals surface area (Å²) < 4.78 is 36.6. The van der Waals surface area contributed by atoms with E-state index in [0.29, 0.717) is 26.3 Å². The Morgan fingerprint density at radius 1 is 1.19 bits per heavy atom. The van der Waals surface area contributed by atoms with E-state index < -0.39 is 22.6 Å². The average molecular weight is 398 g/mol. The fraction of sp³-hybridized carbons (Fsp3) is 0.556. The summed E-state index contributed by atoms with van der Waals surface area (Å²) in [4.78, 5) is 24.0. The number of hydrogen-bond donors (Lipinski definition) is 1. The highest BCUT2D eigenvalue weighted by atomic mass is 32.2. The lowest BCUT2D eigenvalue weighted by Gasteiger charge is -2.26. The van der Waals surface area contributed by atoms with Crippen LogP contribution in [0.5, 0.6) is 0 Å². The number of benzene rings is 1. The molecule has 150 valence electrons. The minimum absolute atomic E-state index is 0.100. The molecule has 1 aromatic rings. The van der Waals surface area contributed by atoms with Crippen LogP contribution in [-0.4, -0.2) is 63.0 Å². The summed E-state index contributed by atoms with van der Waals surface area (Å²) in [5.74, 6) is -1.07. The molecule has 0 aromatic heterocycles. The number of carbonyl (C=O) groups is 2. The third-order valence-corrected chi connectivity index (χ3v) is 6.31. The Labute approximate surface area is 159 Å². The topological polar surface area (TPSA) is 102 Å². The van der Waals surface area contributed by atoms with Gasteiger partial charge >= 0.3 is 5.97 Å². The molecule has 1 saturated heterocycles. The van der Waals surface area contributed by atoms with E-state index in [1.54, 1.807) is 0 Å². The summed E-state index contributed by atoms with van der Waals surface area (Å²) in [5, 5.41) is 2.77. The molecule has 8 nitrogen and oxygen atoms in total. The minimum atomic E-state index is -3.62. The number of rotatable bonds is 7. The van der Waals surface area contributed by atoms with Crippen LogP contribution >= 0.6 is 0 Å². The van der Waals surface area contributed by atoms with Gasteiger partial charge in [-0.25, -0.2) is 13.2 Å². The van der Waals surface area contributed by atoms with Gasteiger partial charge in [0.15, 0.2) is 6.61 Å². The van der Waals surface area contributed by atoms with E-state index in [-0.39, 0.29) is 21.9 Å². The van der Waals surface area contributed by atoms with E-state index in [1.807, 2.05) is 20.8 Å². The fourth-order valence-corrected chi connectivity index (χ4v) is 3.82. The predicted molar refractivity (Wildman–Crippen MR) is 98.8 cm³/mol. The highest BCUT2D eigenvalue weighted by Crippen LogP contribution is 2.18. The molecule has 0 aliphatic carbocycles. The molecule has 0 bridgehead atoms. The van der Waals surface area contributed by atoms with Gasteiger partial charge in [-0.1, -0.05) is 6.92 Å². The van der Waals surface area contributed by atoms with Crippen molar-refractivity contribution < 1.29 is 27.5 Å². The Bertz CT molecular complexity index is 768. The number of amides is 1. The van der Waals surface area contributed by atoms with Gasteiger partial charge in [-0.3, -0.25) is 4.79 Å². The molecular weight excluding hydrogens is 372 g/mol. The second kappa shape index (κ2) is 8.81. The molecule has 0 atom stereocenters. The summed E-state index contributed by atoms with van der Waals surface area (Å²) in [6.45, 7) is 6.63. The van der Waals surface area contributed by atoms with Crippen molar-refractivity contribution in [2.45, 2.75) is 37.6 Å². The van der Waals surface area contributed by atoms with Crippen molar-refractivity contribution in [2.75, 3.05) is 32.9 Å². The van der Waals surface area contributed by atoms with Gasteiger partial charge in [0, 0.05) is 18.6 Å². The zero-order chi connectivity index (χ0) is 20.1. The lowest BCUT2D eigenvalue weighted by atomic mass is 10.0. The molecule has 0 spiro atoms. The smallest absolute Gasteiger partial charge is 0.338 e. The SMILES string of the molecule is CCC(C)(C)NC(=O)COC(=O)c1ccc(S(=O)(=O)N2CCOCC2)cc1. The molecular formula is C18H26N2O6S. The van der Waals surface area contributed by atoms with Crippen LogP contribution in [0.2, 0.25) is 0 Å². The molecule has 1 aromatic carbocycles. The third kappa shape index (κ3) is 5.75. The van der Waals surface area contributed by atoms with Gasteiger partial charge in [-0.05, 0) is 44.5 Å². The number of morpholine rings is 1. The first-order chi connectivity index (χ1) is 12.7. The van der Waals surface area contributed by atoms with Crippen LogP contribution < -0.4 is 5.32 Å². The van der Waals surface area contributed by atoms with Crippen molar-refractivity contribution in [3.8, 4) is 0 Å². The van der Waals surface area contributed by atoms with E-state index >= 15 is 0 Å². The van der Waals surface area contributed by atoms with Gasteiger partial charge in [0.05, 0.1) is 23.7 Å². The molecule has 1 aliphatic rings. The quantitative estimate of drug-likeness (QED) is 0.692. The zero-order valence-corrected chi connectivity index (χ0v) is 16.7. The molecule has 9 heteroatoms. The summed E-state index contributed by atoms with van der Waals surface area (Å²) >= 11 is 0. The molecule has 0 saturated carbocycles. The van der Waals surface area contributed by atoms with Gasteiger partial charge in [0.2, 0.25) is 10.0 Å². The molecule has 1 N–H and O–H groups in total. The van der Waals surface area contributed by atoms with E-state index in [9.17, 15) is 18.0 Å². The largest absolute Gasteiger partial charge is 0.452 e. The Morgan fingerprint density at radius 2 is 1.78 bits per heavy atom. The van der Waals surface area contributed by atoms with E-state index in [1.165, 1.54) is 28.6 Å². The Kier molecular flexibility index (Phi) is 6.96. The van der Waals surface area contributed by atoms with Gasteiger partial charge in [0.25, 0.3) is 5.91 Å². The number of ether oxygens (including phenoxy) is 2. The molecule has 0 unspecified atom stereocenters. The van der Waals surface area contributed by atoms with E-state index in [2.05, 4.69) is 5.32 Å². The predicted octanol–water partition coefficient (Wildman–Crippen LogP) is 1.17. The number of nitrogens with zero attached hydrogens (tertiary/aromatic N) is 1. The van der Waals surface area contributed by atoms with Crippen molar-refractivity contribution >= 4 is 21.9 Å². The third-order valence-electron chi connectivity index (χ3n) is 4.39. The zero-order valence-electron chi connectivity index (χ0n) is 15.9. The Hall–Kier alpha value is -1.97. The van der Waals surface area contributed by atoms with Crippen molar-refractivity contribution in [3.05, 3.63) is 29.8 Å². The highest BCUT2D eigenvalue weighted by Gasteiger charge is 2.26. The lowest BCUT2D eigenvalue weighted by molar-refractivity contribution is -0.125. The second-order valence-electron chi connectivity index (χ2n) is 6.90. The number of hydrogen-bond acceptors (Lipinski definition) is 6. The maximum atomic E-state index is 12.5. The number of nitrogens with one attached hydrogen (secondary N) is 1. The second-order valence-corrected chi connectivity index (χ2v) is 8.84. The fourth-order valence-electron chi connectivity index (χ4n) is 2.42. The normalized spacial score (nSPS) is 16.0. The number of sulfonamides is 1. The van der Waals surface area contributed by atoms with Crippen LogP contribution in [0.25, 0.3) is 0 Å². The number of carbonyl (C=O) groups excluding carboxylic acids is 2. The first-order valence-corrected chi connectivity index (χ1v) is 10.3. The lowest BCUT2D eigenvalue weighted by Crippen LogP contribution is -2.44. The summed E-state index contributed by atoms with van der Waals surface area (Å²) in [6, 6.07) is 5.48. The Morgan fingerprint density at radius 3 is 2.33 bits per heavy atom. The minimum Gasteiger partial charge on any atom is -0.452 e. The molecule has 2 rings (SSSR count). The van der Waals surface area contributed by atoms with Crippen LogP contribution in [0.1, 0.15) is 37.6 Å². The first kappa shape index (κ1) is 21.3. The van der Waals surface area contributed by atoms with Crippen LogP contribution in [-0.2, 0) is 24.3 Å². The molecule has 1 heterocycles. The first-order valence-electron chi connectivity index (χ1n) is 8.82. The van der Waals surface area contributed by atoms with Crippen molar-refractivity contribution in [2.24, 2.45) is 0 Å². The van der Waals surface area contributed by atoms with Gasteiger partial charge in [-0.2, -0.15) is 4.31 Å². The number of esters is 1. The van der Waals surface area contributed by atoms with Gasteiger partial charge in [0.1, 0.15) is 0 Å². The van der Waals surface area contributed by atoms with Crippen molar-refractivity contribution in [1.82, 2.24) is 9.62 Å². The van der Waals surface area contributed by atoms with Crippen LogP contribution in [0, 0.1) is 0 Å². The highest BCUT2D eigenvalue weighted by molar-refractivity contribution is 7.89. The van der Waals surface area contributed by atoms with Crippen LogP contribution in [0.4, 0.5) is 0 Å². The molecule has 1 aliphatic heterocycles. The summed E-state index contributed by atoms with van der Waals surface area (Å²) in [5.41, 5.74) is -0.197. The molecule has 1 amide bonds. The molecule has 27 heavy (non-hydrogen) atoms. The maximum Gasteiger partial charge on any atom is 0.338 e. The standard InChI is InChI=1S/C18H26N2O6S/c1-4-18(2,3)19-16(21)13-26-17(22)14-5-7-15(8-6-14)27(23,24)20-9-11-25-12-10-20/h5-8H,4,9-13H2,1-3H3,(H,19,21). The summed E-state index contributed by atoms with van der Waals surface area (Å²) in [6.07, 6.45) is 0.742. The van der Waals surface area contributed by atoms with Gasteiger partial charge in [-0.15, -0.1) is 0 Å². The van der Waals surface area contributed by atoms with Crippen molar-refractivity contribution in [1.29, 1.82) is 0 Å². The maximum absolute atomic E-state index is 12.5. The van der Waals surface area contributed by atoms with Crippen molar-refractivity contribution in [3.63, 3.8) is 0 Å². The average Bonchev–Trinajstić information content (AvgIpc) is 2.66. The van der Waals surface area contributed by atoms with Gasteiger partial charge < -0.3 is 14.8 Å². The summed E-state index contributed by atoms with van der Waals surface area (Å²) in [7, 11) is -3.62. The monoisotopic (exact) mass is 398 g/mol. The van der Waals surface area contributed by atoms with Crippen LogP contribution in [0.15, 0.2) is 29.2 Å². The van der Waals surface area contributed by atoms with E-state index in [0.717, 1.165) is 6.42 Å².